The van der Waals surface area contributed by atoms with Gasteiger partial charge < -0.3 is 10.2 Å². The Morgan fingerprint density at radius 2 is 1.80 bits per heavy atom. The summed E-state index contributed by atoms with van der Waals surface area (Å²) >= 11 is 0. The van der Waals surface area contributed by atoms with Gasteiger partial charge in [0, 0.05) is 31.6 Å². The van der Waals surface area contributed by atoms with Crippen molar-refractivity contribution in [1.29, 1.82) is 0 Å². The Bertz CT molecular complexity index is 1010. The van der Waals surface area contributed by atoms with E-state index in [4.69, 9.17) is 0 Å². The number of fused-ring (bicyclic) bond motifs is 5. The average Bonchev–Trinajstić information content (AvgIpc) is 3.16. The molecule has 5 rings (SSSR count). The summed E-state index contributed by atoms with van der Waals surface area (Å²) in [6.45, 7) is 5.31. The maximum atomic E-state index is 13.1. The van der Waals surface area contributed by atoms with Crippen LogP contribution in [-0.4, -0.2) is 36.3 Å². The van der Waals surface area contributed by atoms with Gasteiger partial charge in [0.2, 0.25) is 5.91 Å². The van der Waals surface area contributed by atoms with E-state index in [1.165, 1.54) is 12.1 Å². The average molecular weight is 491 g/mol. The highest BCUT2D eigenvalue weighted by molar-refractivity contribution is 5.94. The molecule has 2 amide bonds. The number of rotatable bonds is 3. The normalized spacial score (nSPS) is 39.0. The van der Waals surface area contributed by atoms with Gasteiger partial charge in [-0.25, -0.2) is 0 Å². The molecule has 0 radical (unpaired) electrons. The molecule has 1 saturated heterocycles. The van der Waals surface area contributed by atoms with Crippen LogP contribution in [0, 0.1) is 34.5 Å². The Labute approximate surface area is 206 Å². The van der Waals surface area contributed by atoms with Crippen LogP contribution >= 0.6 is 0 Å². The molecule has 0 bridgehead atoms. The maximum absolute atomic E-state index is 13.1. The Balaban J connectivity index is 1.27. The number of carbonyl (C=O) groups is 2. The van der Waals surface area contributed by atoms with E-state index in [9.17, 15) is 22.8 Å². The van der Waals surface area contributed by atoms with Crippen LogP contribution < -0.4 is 5.32 Å². The first-order valence-electron chi connectivity index (χ1n) is 13.2. The molecule has 4 fully saturated rings. The molecule has 0 spiro atoms. The standard InChI is InChI=1S/C28H37F3N2O2/c1-26-13-11-22-20(8-10-23-27(22,2)14-12-24(34)33(23)3)21(26)9-7-19(26)16-32-25(35)17-5-4-6-18(15-17)28(29,30)31/h4-6,15,19-23H,7-14,16H2,1-3H3,(H,32,35)/t19?,20-,21-,22+,23?,26+,27+/m0/s1. The summed E-state index contributed by atoms with van der Waals surface area (Å²) in [5.74, 6) is 2.08. The number of nitrogens with zero attached hydrogens (tertiary/aromatic N) is 1. The first kappa shape index (κ1) is 24.6. The minimum atomic E-state index is -4.46. The SMILES string of the molecule is CN1C(=O)CC[C@@]2(C)C1CC[C@@H]1[C@H]2CC[C@]2(C)C(CNC(=O)c3cccc(C(F)(F)F)c3)CC[C@@H]12. The third kappa shape index (κ3) is 3.97. The molecule has 3 aliphatic carbocycles. The molecule has 1 aromatic carbocycles. The molecule has 4 aliphatic rings. The van der Waals surface area contributed by atoms with Crippen molar-refractivity contribution in [2.45, 2.75) is 77.4 Å². The monoisotopic (exact) mass is 490 g/mol. The number of hydrogen-bond acceptors (Lipinski definition) is 2. The number of amides is 2. The van der Waals surface area contributed by atoms with E-state index in [0.717, 1.165) is 57.1 Å². The molecule has 7 heteroatoms. The molecule has 3 saturated carbocycles. The number of piperidine rings is 1. The Kier molecular flexibility index (Phi) is 5.99. The van der Waals surface area contributed by atoms with E-state index in [1.807, 2.05) is 11.9 Å². The first-order chi connectivity index (χ1) is 16.4. The van der Waals surface area contributed by atoms with Gasteiger partial charge in [-0.05, 0) is 97.6 Å². The maximum Gasteiger partial charge on any atom is 0.416 e. The highest BCUT2D eigenvalue weighted by Crippen LogP contribution is 2.66. The third-order valence-electron chi connectivity index (χ3n) is 10.7. The van der Waals surface area contributed by atoms with Gasteiger partial charge in [-0.2, -0.15) is 13.2 Å². The van der Waals surface area contributed by atoms with Crippen LogP contribution in [-0.2, 0) is 11.0 Å². The van der Waals surface area contributed by atoms with Gasteiger partial charge in [-0.15, -0.1) is 0 Å². The van der Waals surface area contributed by atoms with Crippen molar-refractivity contribution in [1.82, 2.24) is 10.2 Å². The second-order valence-corrected chi connectivity index (χ2v) is 12.1. The number of nitrogens with one attached hydrogen (secondary N) is 1. The summed E-state index contributed by atoms with van der Waals surface area (Å²) in [5.41, 5.74) is -0.411. The van der Waals surface area contributed by atoms with Gasteiger partial charge >= 0.3 is 6.18 Å². The molecule has 2 unspecified atom stereocenters. The van der Waals surface area contributed by atoms with E-state index < -0.39 is 17.6 Å². The molecular weight excluding hydrogens is 453 g/mol. The molecular formula is C28H37F3N2O2. The number of hydrogen-bond donors (Lipinski definition) is 1. The molecule has 1 aliphatic heterocycles. The fraction of sp³-hybridized carbons (Fsp3) is 0.714. The number of benzene rings is 1. The molecule has 0 aromatic heterocycles. The van der Waals surface area contributed by atoms with Gasteiger partial charge in [0.25, 0.3) is 5.91 Å². The number of carbonyl (C=O) groups excluding carboxylic acids is 2. The van der Waals surface area contributed by atoms with Crippen molar-refractivity contribution in [3.05, 3.63) is 35.4 Å². The Hall–Kier alpha value is -2.05. The lowest BCUT2D eigenvalue weighted by Gasteiger charge is -2.61. The van der Waals surface area contributed by atoms with Gasteiger partial charge in [-0.3, -0.25) is 9.59 Å². The Morgan fingerprint density at radius 3 is 2.54 bits per heavy atom. The lowest BCUT2D eigenvalue weighted by atomic mass is 9.47. The van der Waals surface area contributed by atoms with Crippen molar-refractivity contribution in [2.75, 3.05) is 13.6 Å². The van der Waals surface area contributed by atoms with E-state index in [0.29, 0.717) is 42.7 Å². The third-order valence-corrected chi connectivity index (χ3v) is 10.7. The second-order valence-electron chi connectivity index (χ2n) is 12.1. The molecule has 35 heavy (non-hydrogen) atoms. The molecule has 1 aromatic rings. The van der Waals surface area contributed by atoms with Crippen molar-refractivity contribution in [3.8, 4) is 0 Å². The van der Waals surface area contributed by atoms with Crippen molar-refractivity contribution < 1.29 is 22.8 Å². The van der Waals surface area contributed by atoms with E-state index in [2.05, 4.69) is 19.2 Å². The highest BCUT2D eigenvalue weighted by Gasteiger charge is 2.61. The van der Waals surface area contributed by atoms with Crippen LogP contribution in [0.4, 0.5) is 13.2 Å². The number of likely N-dealkylation sites (tertiary alicyclic amines) is 1. The zero-order valence-electron chi connectivity index (χ0n) is 21.0. The summed E-state index contributed by atoms with van der Waals surface area (Å²) in [7, 11) is 1.98. The molecule has 1 N–H and O–H groups in total. The predicted molar refractivity (Wildman–Crippen MR) is 127 cm³/mol. The summed E-state index contributed by atoms with van der Waals surface area (Å²) in [6, 6.07) is 5.01. The molecule has 1 heterocycles. The van der Waals surface area contributed by atoms with Gasteiger partial charge in [0.15, 0.2) is 0 Å². The Morgan fingerprint density at radius 1 is 1.06 bits per heavy atom. The largest absolute Gasteiger partial charge is 0.416 e. The first-order valence-corrected chi connectivity index (χ1v) is 13.2. The van der Waals surface area contributed by atoms with E-state index in [1.54, 1.807) is 0 Å². The fourth-order valence-corrected chi connectivity index (χ4v) is 8.75. The number of alkyl halides is 3. The van der Waals surface area contributed by atoms with E-state index in [-0.39, 0.29) is 22.3 Å². The lowest BCUT2D eigenvalue weighted by molar-refractivity contribution is -0.158. The molecule has 7 atom stereocenters. The summed E-state index contributed by atoms with van der Waals surface area (Å²) in [4.78, 5) is 27.1. The predicted octanol–water partition coefficient (Wildman–Crippen LogP) is 5.91. The van der Waals surface area contributed by atoms with Gasteiger partial charge in [-0.1, -0.05) is 19.9 Å². The van der Waals surface area contributed by atoms with Gasteiger partial charge in [0.05, 0.1) is 5.56 Å². The zero-order chi connectivity index (χ0) is 25.2. The lowest BCUT2D eigenvalue weighted by Crippen LogP contribution is -2.61. The van der Waals surface area contributed by atoms with E-state index >= 15 is 0 Å². The van der Waals surface area contributed by atoms with Crippen molar-refractivity contribution >= 4 is 11.8 Å². The summed E-state index contributed by atoms with van der Waals surface area (Å²) in [5, 5.41) is 2.96. The highest BCUT2D eigenvalue weighted by atomic mass is 19.4. The van der Waals surface area contributed by atoms with Crippen LogP contribution in [0.5, 0.6) is 0 Å². The topological polar surface area (TPSA) is 49.4 Å². The van der Waals surface area contributed by atoms with Crippen molar-refractivity contribution in [3.63, 3.8) is 0 Å². The summed E-state index contributed by atoms with van der Waals surface area (Å²) < 4.78 is 39.2. The smallest absolute Gasteiger partial charge is 0.352 e. The summed E-state index contributed by atoms with van der Waals surface area (Å²) in [6.07, 6.45) is 3.88. The van der Waals surface area contributed by atoms with Crippen molar-refractivity contribution in [2.24, 2.45) is 34.5 Å². The quantitative estimate of drug-likeness (QED) is 0.572. The number of halogens is 3. The molecule has 192 valence electrons. The van der Waals surface area contributed by atoms with Crippen LogP contribution in [0.1, 0.15) is 81.1 Å². The van der Waals surface area contributed by atoms with Crippen LogP contribution in [0.15, 0.2) is 24.3 Å². The zero-order valence-corrected chi connectivity index (χ0v) is 21.0. The van der Waals surface area contributed by atoms with Crippen LogP contribution in [0.3, 0.4) is 0 Å². The molecule has 4 nitrogen and oxygen atoms in total. The van der Waals surface area contributed by atoms with Crippen LogP contribution in [0.2, 0.25) is 0 Å². The fourth-order valence-electron chi connectivity index (χ4n) is 8.75. The minimum Gasteiger partial charge on any atom is -0.352 e. The van der Waals surface area contributed by atoms with Gasteiger partial charge in [0.1, 0.15) is 0 Å². The van der Waals surface area contributed by atoms with Crippen LogP contribution in [0.25, 0.3) is 0 Å². The second kappa shape index (κ2) is 8.52. The minimum absolute atomic E-state index is 0.0606.